The van der Waals surface area contributed by atoms with Crippen LogP contribution in [0, 0.1) is 0 Å². The van der Waals surface area contributed by atoms with Crippen molar-refractivity contribution < 1.29 is 18.7 Å². The van der Waals surface area contributed by atoms with E-state index in [1.54, 1.807) is 12.3 Å². The van der Waals surface area contributed by atoms with Gasteiger partial charge in [-0.2, -0.15) is 0 Å². The van der Waals surface area contributed by atoms with Crippen molar-refractivity contribution in [2.45, 2.75) is 20.5 Å². The molecule has 0 radical (unpaired) electrons. The number of hydrogen-bond acceptors (Lipinski definition) is 4. The lowest BCUT2D eigenvalue weighted by molar-refractivity contribution is -0.113. The first-order valence-electron chi connectivity index (χ1n) is 9.40. The van der Waals surface area contributed by atoms with Gasteiger partial charge >= 0.3 is 0 Å². The predicted molar refractivity (Wildman–Crippen MR) is 118 cm³/mol. The molecule has 148 valence electrons. The van der Waals surface area contributed by atoms with E-state index in [1.807, 2.05) is 64.2 Å². The van der Waals surface area contributed by atoms with Crippen LogP contribution in [0.1, 0.15) is 25.0 Å². The Morgan fingerprint density at radius 1 is 1.14 bits per heavy atom. The van der Waals surface area contributed by atoms with E-state index in [4.69, 9.17) is 19.6 Å². The third-order valence-corrected chi connectivity index (χ3v) is 4.33. The van der Waals surface area contributed by atoms with Gasteiger partial charge in [0.2, 0.25) is 11.7 Å². The summed E-state index contributed by atoms with van der Waals surface area (Å²) >= 11 is 0. The summed E-state index contributed by atoms with van der Waals surface area (Å²) in [6.07, 6.45) is 6.51. The number of ether oxygens (including phenoxy) is 2. The number of carbonyl (C=O) groups excluding carboxylic acids is 1. The molecule has 1 heterocycles. The summed E-state index contributed by atoms with van der Waals surface area (Å²) in [5.74, 6) is 0.475. The molecular weight excluding hydrogens is 365 g/mol. The average molecular weight is 389 g/mol. The van der Waals surface area contributed by atoms with Crippen molar-refractivity contribution in [3.63, 3.8) is 0 Å². The number of nitrogens with two attached hydrogens (primary N) is 1. The van der Waals surface area contributed by atoms with Crippen LogP contribution in [0.4, 0.5) is 0 Å². The van der Waals surface area contributed by atoms with Gasteiger partial charge in [-0.1, -0.05) is 35.3 Å². The van der Waals surface area contributed by atoms with Crippen LogP contribution in [-0.4, -0.2) is 20.4 Å². The van der Waals surface area contributed by atoms with E-state index < -0.39 is 5.91 Å². The van der Waals surface area contributed by atoms with Crippen LogP contribution in [-0.2, 0) is 11.4 Å². The first-order valence-corrected chi connectivity index (χ1v) is 9.40. The van der Waals surface area contributed by atoms with Crippen LogP contribution in [0.25, 0.3) is 17.0 Å². The van der Waals surface area contributed by atoms with Crippen molar-refractivity contribution in [2.75, 3.05) is 6.61 Å². The minimum atomic E-state index is -0.534. The molecule has 0 aliphatic rings. The van der Waals surface area contributed by atoms with Gasteiger partial charge in [0.15, 0.2) is 11.3 Å². The number of hydrogen-bond donors (Lipinski definition) is 1. The number of furan rings is 1. The standard InChI is InChI=1S/C23H24BNO4/c1-15(2)9-11-28-23-21-18(10-12-27-21)13-17(5-8-20(25)26)22(23)29-14-16-3-6-19(24)7-4-16/h3-10,12-13H,11,14,24H2,1-2H3,(H2,25,26)/b8-5+. The van der Waals surface area contributed by atoms with Gasteiger partial charge in [-0.25, -0.2) is 0 Å². The van der Waals surface area contributed by atoms with Crippen molar-refractivity contribution >= 4 is 36.3 Å². The summed E-state index contributed by atoms with van der Waals surface area (Å²) in [6.45, 7) is 4.74. The predicted octanol–water partition coefficient (Wildman–Crippen LogP) is 3.11. The molecule has 3 rings (SSSR count). The molecule has 1 amide bonds. The molecular formula is C23H24BNO4. The molecule has 0 atom stereocenters. The summed E-state index contributed by atoms with van der Waals surface area (Å²) in [4.78, 5) is 11.3. The zero-order chi connectivity index (χ0) is 20.8. The highest BCUT2D eigenvalue weighted by Crippen LogP contribution is 2.41. The van der Waals surface area contributed by atoms with Gasteiger partial charge in [0.05, 0.1) is 6.26 Å². The molecule has 0 saturated heterocycles. The maximum absolute atomic E-state index is 11.3. The monoisotopic (exact) mass is 389 g/mol. The van der Waals surface area contributed by atoms with E-state index in [1.165, 1.54) is 11.5 Å². The molecule has 3 aromatic rings. The van der Waals surface area contributed by atoms with Crippen molar-refractivity contribution in [3.8, 4) is 11.5 Å². The second kappa shape index (κ2) is 9.19. The highest BCUT2D eigenvalue weighted by atomic mass is 16.5. The smallest absolute Gasteiger partial charge is 0.241 e. The number of rotatable bonds is 8. The Morgan fingerprint density at radius 3 is 2.59 bits per heavy atom. The van der Waals surface area contributed by atoms with Gasteiger partial charge in [-0.3, -0.25) is 4.79 Å². The molecule has 0 bridgehead atoms. The fraction of sp³-hybridized carbons (Fsp3) is 0.174. The Morgan fingerprint density at radius 2 is 1.90 bits per heavy atom. The molecule has 5 nitrogen and oxygen atoms in total. The Labute approximate surface area is 171 Å². The summed E-state index contributed by atoms with van der Waals surface area (Å²) < 4.78 is 17.8. The van der Waals surface area contributed by atoms with Crippen molar-refractivity contribution in [1.29, 1.82) is 0 Å². The lowest BCUT2D eigenvalue weighted by Gasteiger charge is -2.15. The lowest BCUT2D eigenvalue weighted by atomic mass is 9.95. The van der Waals surface area contributed by atoms with Gasteiger partial charge in [0.25, 0.3) is 0 Å². The molecule has 2 N–H and O–H groups in total. The molecule has 0 saturated carbocycles. The maximum Gasteiger partial charge on any atom is 0.241 e. The Hall–Kier alpha value is -3.41. The fourth-order valence-electron chi connectivity index (χ4n) is 2.79. The number of allylic oxidation sites excluding steroid dienone is 1. The third-order valence-electron chi connectivity index (χ3n) is 4.33. The zero-order valence-corrected chi connectivity index (χ0v) is 16.9. The van der Waals surface area contributed by atoms with Crippen LogP contribution in [0.3, 0.4) is 0 Å². The summed E-state index contributed by atoms with van der Waals surface area (Å²) in [7, 11) is 2.04. The Bertz CT molecular complexity index is 1060. The summed E-state index contributed by atoms with van der Waals surface area (Å²) in [6, 6.07) is 11.8. The topological polar surface area (TPSA) is 74.7 Å². The average Bonchev–Trinajstić information content (AvgIpc) is 3.14. The largest absolute Gasteiger partial charge is 0.484 e. The van der Waals surface area contributed by atoms with E-state index in [0.29, 0.717) is 35.9 Å². The highest BCUT2D eigenvalue weighted by Gasteiger charge is 2.18. The molecule has 0 aliphatic carbocycles. The molecule has 0 unspecified atom stereocenters. The first kappa shape index (κ1) is 20.3. The van der Waals surface area contributed by atoms with Gasteiger partial charge in [-0.15, -0.1) is 0 Å². The van der Waals surface area contributed by atoms with Crippen LogP contribution >= 0.6 is 0 Å². The molecule has 29 heavy (non-hydrogen) atoms. The fourth-order valence-corrected chi connectivity index (χ4v) is 2.79. The number of primary amides is 1. The van der Waals surface area contributed by atoms with Crippen molar-refractivity contribution in [2.24, 2.45) is 5.73 Å². The molecule has 2 aromatic carbocycles. The van der Waals surface area contributed by atoms with Crippen molar-refractivity contribution in [3.05, 3.63) is 71.5 Å². The van der Waals surface area contributed by atoms with E-state index in [9.17, 15) is 4.79 Å². The summed E-state index contributed by atoms with van der Waals surface area (Å²) in [5.41, 5.74) is 9.93. The summed E-state index contributed by atoms with van der Waals surface area (Å²) in [5, 5.41) is 0.851. The number of fused-ring (bicyclic) bond motifs is 1. The molecule has 0 fully saturated rings. The van der Waals surface area contributed by atoms with Gasteiger partial charge in [-0.05, 0) is 43.7 Å². The molecule has 1 aromatic heterocycles. The molecule has 0 aliphatic heterocycles. The second-order valence-corrected chi connectivity index (χ2v) is 7.07. The minimum absolute atomic E-state index is 0.350. The van der Waals surface area contributed by atoms with E-state index in [2.05, 4.69) is 0 Å². The zero-order valence-electron chi connectivity index (χ0n) is 16.9. The second-order valence-electron chi connectivity index (χ2n) is 7.07. The first-order chi connectivity index (χ1) is 13.9. The maximum atomic E-state index is 11.3. The van der Waals surface area contributed by atoms with E-state index in [0.717, 1.165) is 16.5 Å². The van der Waals surface area contributed by atoms with Crippen LogP contribution < -0.4 is 20.7 Å². The Kier molecular flexibility index (Phi) is 6.44. The number of carbonyl (C=O) groups is 1. The van der Waals surface area contributed by atoms with Crippen LogP contribution in [0.15, 0.2) is 64.8 Å². The van der Waals surface area contributed by atoms with Crippen LogP contribution in [0.2, 0.25) is 0 Å². The number of benzene rings is 2. The quantitative estimate of drug-likeness (QED) is 0.365. The van der Waals surface area contributed by atoms with Crippen molar-refractivity contribution in [1.82, 2.24) is 0 Å². The normalized spacial score (nSPS) is 11.0. The van der Waals surface area contributed by atoms with Gasteiger partial charge in [0, 0.05) is 17.0 Å². The molecule has 0 spiro atoms. The SMILES string of the molecule is Bc1ccc(COc2c(/C=C/C(N)=O)cc3ccoc3c2OCC=C(C)C)cc1. The lowest BCUT2D eigenvalue weighted by Crippen LogP contribution is -2.06. The van der Waals surface area contributed by atoms with Gasteiger partial charge < -0.3 is 19.6 Å². The van der Waals surface area contributed by atoms with E-state index >= 15 is 0 Å². The highest BCUT2D eigenvalue weighted by molar-refractivity contribution is 6.32. The van der Waals surface area contributed by atoms with E-state index in [-0.39, 0.29) is 0 Å². The third kappa shape index (κ3) is 5.32. The minimum Gasteiger partial charge on any atom is -0.484 e. The Balaban J connectivity index is 2.02. The number of amides is 1. The molecule has 6 heteroatoms. The van der Waals surface area contributed by atoms with Crippen LogP contribution in [0.5, 0.6) is 11.5 Å². The van der Waals surface area contributed by atoms with Gasteiger partial charge in [0.1, 0.15) is 21.1 Å².